The largest absolute Gasteiger partial charge is 0.392 e. The van der Waals surface area contributed by atoms with Crippen LogP contribution in [0.15, 0.2) is 24.3 Å². The lowest BCUT2D eigenvalue weighted by Crippen LogP contribution is -2.16. The van der Waals surface area contributed by atoms with Gasteiger partial charge in [0.1, 0.15) is 0 Å². The summed E-state index contributed by atoms with van der Waals surface area (Å²) in [5.74, 6) is -0.941. The maximum absolute atomic E-state index is 11.3. The number of benzene rings is 1. The van der Waals surface area contributed by atoms with Crippen LogP contribution in [0.4, 0.5) is 0 Å². The van der Waals surface area contributed by atoms with Gasteiger partial charge in [-0.05, 0) is 5.56 Å². The van der Waals surface area contributed by atoms with Gasteiger partial charge >= 0.3 is 0 Å². The Morgan fingerprint density at radius 1 is 1.21 bits per heavy atom. The Morgan fingerprint density at radius 2 is 1.79 bits per heavy atom. The molecule has 1 aromatic rings. The molecule has 1 amide bonds. The smallest absolute Gasteiger partial charge is 0.225 e. The van der Waals surface area contributed by atoms with Gasteiger partial charge in [0.25, 0.3) is 0 Å². The minimum Gasteiger partial charge on any atom is -0.392 e. The Hall–Kier alpha value is -1.68. The number of rotatable bonds is 4. The van der Waals surface area contributed by atoms with Crippen LogP contribution in [0.5, 0.6) is 0 Å². The van der Waals surface area contributed by atoms with Gasteiger partial charge in [0.2, 0.25) is 5.91 Å². The number of carbonyl (C=O) groups is 2. The van der Waals surface area contributed by atoms with Crippen molar-refractivity contribution in [1.82, 2.24) is 0 Å². The van der Waals surface area contributed by atoms with Gasteiger partial charge in [-0.15, -0.1) is 0 Å². The summed E-state index contributed by atoms with van der Waals surface area (Å²) in [7, 11) is 0. The summed E-state index contributed by atoms with van der Waals surface area (Å²) in [5.41, 5.74) is 6.04. The maximum atomic E-state index is 11.3. The highest BCUT2D eigenvalue weighted by atomic mass is 16.3. The topological polar surface area (TPSA) is 80.4 Å². The molecule has 74 valence electrons. The molecule has 4 heteroatoms. The fourth-order valence-corrected chi connectivity index (χ4v) is 1.06. The Morgan fingerprint density at radius 3 is 2.21 bits per heavy atom. The second kappa shape index (κ2) is 4.53. The molecule has 0 saturated heterocycles. The summed E-state index contributed by atoms with van der Waals surface area (Å²) < 4.78 is 0. The minimum atomic E-state index is -0.638. The number of primary amides is 1. The highest BCUT2D eigenvalue weighted by Gasteiger charge is 2.08. The fraction of sp³-hybridized carbons (Fsp3) is 0.200. The highest BCUT2D eigenvalue weighted by molar-refractivity contribution is 6.06. The average Bonchev–Trinajstić information content (AvgIpc) is 2.17. The molecular formula is C10H11NO3. The van der Waals surface area contributed by atoms with Gasteiger partial charge in [0.15, 0.2) is 5.78 Å². The zero-order valence-electron chi connectivity index (χ0n) is 7.56. The molecule has 0 spiro atoms. The molecule has 1 rings (SSSR count). The molecule has 1 aromatic carbocycles. The first-order valence-electron chi connectivity index (χ1n) is 4.15. The van der Waals surface area contributed by atoms with Gasteiger partial charge in [-0.2, -0.15) is 0 Å². The summed E-state index contributed by atoms with van der Waals surface area (Å²) in [5, 5.41) is 8.75. The molecule has 0 aliphatic rings. The molecular weight excluding hydrogens is 182 g/mol. The quantitative estimate of drug-likeness (QED) is 0.530. The number of aliphatic hydroxyl groups excluding tert-OH is 1. The van der Waals surface area contributed by atoms with E-state index < -0.39 is 5.91 Å². The van der Waals surface area contributed by atoms with Crippen LogP contribution in [-0.2, 0) is 11.4 Å². The number of hydrogen-bond donors (Lipinski definition) is 2. The molecule has 0 bridgehead atoms. The molecule has 0 aromatic heterocycles. The number of Topliss-reactive ketones (excluding diaryl/α,β-unsaturated/α-hetero) is 1. The standard InChI is InChI=1S/C10H11NO3/c11-10(14)5-9(13)8-3-1-7(6-12)2-4-8/h1-4,12H,5-6H2,(H2,11,14). The van der Waals surface area contributed by atoms with Crippen LogP contribution in [0, 0.1) is 0 Å². The predicted molar refractivity (Wildman–Crippen MR) is 50.5 cm³/mol. The van der Waals surface area contributed by atoms with E-state index in [0.717, 1.165) is 5.56 Å². The summed E-state index contributed by atoms with van der Waals surface area (Å²) in [6, 6.07) is 6.40. The van der Waals surface area contributed by atoms with E-state index in [1.54, 1.807) is 24.3 Å². The van der Waals surface area contributed by atoms with Crippen LogP contribution in [0.3, 0.4) is 0 Å². The van der Waals surface area contributed by atoms with Crippen molar-refractivity contribution in [2.45, 2.75) is 13.0 Å². The molecule has 0 heterocycles. The van der Waals surface area contributed by atoms with Crippen molar-refractivity contribution in [3.63, 3.8) is 0 Å². The molecule has 0 unspecified atom stereocenters. The third-order valence-electron chi connectivity index (χ3n) is 1.79. The van der Waals surface area contributed by atoms with Crippen molar-refractivity contribution in [3.05, 3.63) is 35.4 Å². The predicted octanol–water partition coefficient (Wildman–Crippen LogP) is 0.237. The number of nitrogens with two attached hydrogens (primary N) is 1. The normalized spacial score (nSPS) is 9.79. The third kappa shape index (κ3) is 2.67. The molecule has 0 saturated carbocycles. The monoisotopic (exact) mass is 193 g/mol. The van der Waals surface area contributed by atoms with Crippen LogP contribution in [0.2, 0.25) is 0 Å². The lowest BCUT2D eigenvalue weighted by atomic mass is 10.1. The minimum absolute atomic E-state index is 0.0652. The van der Waals surface area contributed by atoms with Gasteiger partial charge in [-0.25, -0.2) is 0 Å². The molecule has 4 nitrogen and oxygen atoms in total. The Kier molecular flexibility index (Phi) is 3.36. The lowest BCUT2D eigenvalue weighted by Gasteiger charge is -1.99. The van der Waals surface area contributed by atoms with E-state index in [9.17, 15) is 9.59 Å². The molecule has 0 fully saturated rings. The van der Waals surface area contributed by atoms with Crippen LogP contribution < -0.4 is 5.73 Å². The molecule has 0 atom stereocenters. The summed E-state index contributed by atoms with van der Waals surface area (Å²) in [6.07, 6.45) is -0.279. The molecule has 0 aliphatic heterocycles. The van der Waals surface area contributed by atoms with Crippen LogP contribution >= 0.6 is 0 Å². The van der Waals surface area contributed by atoms with Crippen molar-refractivity contribution in [1.29, 1.82) is 0 Å². The van der Waals surface area contributed by atoms with Gasteiger partial charge < -0.3 is 10.8 Å². The third-order valence-corrected chi connectivity index (χ3v) is 1.79. The Bertz CT molecular complexity index is 343. The SMILES string of the molecule is NC(=O)CC(=O)c1ccc(CO)cc1. The van der Waals surface area contributed by atoms with Crippen molar-refractivity contribution in [3.8, 4) is 0 Å². The second-order valence-corrected chi connectivity index (χ2v) is 2.92. The van der Waals surface area contributed by atoms with Crippen LogP contribution in [0.25, 0.3) is 0 Å². The van der Waals surface area contributed by atoms with Gasteiger partial charge in [-0.1, -0.05) is 24.3 Å². The first kappa shape index (κ1) is 10.4. The van der Waals surface area contributed by atoms with Gasteiger partial charge in [0.05, 0.1) is 13.0 Å². The van der Waals surface area contributed by atoms with Crippen LogP contribution in [-0.4, -0.2) is 16.8 Å². The van der Waals surface area contributed by atoms with E-state index in [2.05, 4.69) is 0 Å². The van der Waals surface area contributed by atoms with Crippen LogP contribution in [0.1, 0.15) is 22.3 Å². The van der Waals surface area contributed by atoms with E-state index in [-0.39, 0.29) is 18.8 Å². The van der Waals surface area contributed by atoms with Crippen molar-refractivity contribution in [2.24, 2.45) is 5.73 Å². The number of carbonyl (C=O) groups excluding carboxylic acids is 2. The zero-order valence-corrected chi connectivity index (χ0v) is 7.56. The van der Waals surface area contributed by atoms with Crippen molar-refractivity contribution < 1.29 is 14.7 Å². The van der Waals surface area contributed by atoms with E-state index in [1.165, 1.54) is 0 Å². The number of aliphatic hydroxyl groups is 1. The Labute approximate surface area is 81.3 Å². The molecule has 0 aliphatic carbocycles. The Balaban J connectivity index is 2.76. The first-order valence-corrected chi connectivity index (χ1v) is 4.15. The summed E-state index contributed by atoms with van der Waals surface area (Å²) in [6.45, 7) is -0.0652. The molecule has 14 heavy (non-hydrogen) atoms. The fourth-order valence-electron chi connectivity index (χ4n) is 1.06. The van der Waals surface area contributed by atoms with E-state index >= 15 is 0 Å². The maximum Gasteiger partial charge on any atom is 0.225 e. The number of hydrogen-bond acceptors (Lipinski definition) is 3. The highest BCUT2D eigenvalue weighted by Crippen LogP contribution is 2.06. The number of amides is 1. The molecule has 3 N–H and O–H groups in total. The molecule has 0 radical (unpaired) electrons. The average molecular weight is 193 g/mol. The van der Waals surface area contributed by atoms with Gasteiger partial charge in [-0.3, -0.25) is 9.59 Å². The summed E-state index contributed by atoms with van der Waals surface area (Å²) >= 11 is 0. The lowest BCUT2D eigenvalue weighted by molar-refractivity contribution is -0.117. The summed E-state index contributed by atoms with van der Waals surface area (Å²) in [4.78, 5) is 21.8. The van der Waals surface area contributed by atoms with E-state index in [4.69, 9.17) is 10.8 Å². The number of ketones is 1. The zero-order chi connectivity index (χ0) is 10.6. The van der Waals surface area contributed by atoms with Crippen molar-refractivity contribution in [2.75, 3.05) is 0 Å². The second-order valence-electron chi connectivity index (χ2n) is 2.92. The van der Waals surface area contributed by atoms with E-state index in [1.807, 2.05) is 0 Å². The van der Waals surface area contributed by atoms with Crippen molar-refractivity contribution >= 4 is 11.7 Å². The van der Waals surface area contributed by atoms with E-state index in [0.29, 0.717) is 5.56 Å². The first-order chi connectivity index (χ1) is 6.63. The van der Waals surface area contributed by atoms with Gasteiger partial charge in [0, 0.05) is 5.56 Å².